The number of imide groups is 1. The molecule has 0 spiro atoms. The van der Waals surface area contributed by atoms with E-state index in [9.17, 15) is 14.0 Å². The Bertz CT molecular complexity index is 513. The number of anilines is 1. The molecule has 2 rings (SSSR count). The van der Waals surface area contributed by atoms with Crippen molar-refractivity contribution in [2.75, 3.05) is 12.4 Å². The Kier molecular flexibility index (Phi) is 3.45. The number of amides is 2. The summed E-state index contributed by atoms with van der Waals surface area (Å²) in [5.74, 6) is -1.22. The SMILES string of the molecule is CN1C(=O)CC(Nc2c(Cl)cc(F)cc2Cl)C1=O. The monoisotopic (exact) mass is 290 g/mol. The van der Waals surface area contributed by atoms with Gasteiger partial charge in [0.2, 0.25) is 5.91 Å². The Hall–Kier alpha value is -1.33. The average molecular weight is 291 g/mol. The Morgan fingerprint density at radius 3 is 2.33 bits per heavy atom. The van der Waals surface area contributed by atoms with E-state index >= 15 is 0 Å². The van der Waals surface area contributed by atoms with Crippen molar-refractivity contribution in [3.8, 4) is 0 Å². The van der Waals surface area contributed by atoms with E-state index in [-0.39, 0.29) is 34.0 Å². The van der Waals surface area contributed by atoms with Gasteiger partial charge in [0.25, 0.3) is 5.91 Å². The highest BCUT2D eigenvalue weighted by Gasteiger charge is 2.36. The number of nitrogens with zero attached hydrogens (tertiary/aromatic N) is 1. The van der Waals surface area contributed by atoms with Crippen LogP contribution in [0.1, 0.15) is 6.42 Å². The zero-order valence-corrected chi connectivity index (χ0v) is 10.8. The third kappa shape index (κ3) is 2.28. The fourth-order valence-electron chi connectivity index (χ4n) is 1.72. The van der Waals surface area contributed by atoms with Gasteiger partial charge in [-0.05, 0) is 12.1 Å². The lowest BCUT2D eigenvalue weighted by molar-refractivity contribution is -0.136. The van der Waals surface area contributed by atoms with Gasteiger partial charge in [-0.3, -0.25) is 14.5 Å². The average Bonchev–Trinajstić information content (AvgIpc) is 2.51. The summed E-state index contributed by atoms with van der Waals surface area (Å²) in [6.45, 7) is 0. The molecular formula is C11H9Cl2FN2O2. The number of benzene rings is 1. The number of likely N-dealkylation sites (tertiary alicyclic amines) is 1. The predicted molar refractivity (Wildman–Crippen MR) is 66.2 cm³/mol. The van der Waals surface area contributed by atoms with Gasteiger partial charge < -0.3 is 5.32 Å². The van der Waals surface area contributed by atoms with Crippen LogP contribution in [0.5, 0.6) is 0 Å². The first-order valence-electron chi connectivity index (χ1n) is 5.11. The Morgan fingerprint density at radius 2 is 1.89 bits per heavy atom. The highest BCUT2D eigenvalue weighted by Crippen LogP contribution is 2.33. The molecule has 1 heterocycles. The molecule has 1 aliphatic heterocycles. The van der Waals surface area contributed by atoms with E-state index in [0.717, 1.165) is 17.0 Å². The lowest BCUT2D eigenvalue weighted by Crippen LogP contribution is -2.31. The molecule has 7 heteroatoms. The van der Waals surface area contributed by atoms with E-state index in [4.69, 9.17) is 23.2 Å². The van der Waals surface area contributed by atoms with Gasteiger partial charge in [0.15, 0.2) is 0 Å². The second-order valence-electron chi connectivity index (χ2n) is 3.94. The molecule has 0 saturated carbocycles. The van der Waals surface area contributed by atoms with Gasteiger partial charge in [-0.2, -0.15) is 0 Å². The molecule has 96 valence electrons. The highest BCUT2D eigenvalue weighted by molar-refractivity contribution is 6.39. The molecule has 0 bridgehead atoms. The quantitative estimate of drug-likeness (QED) is 0.851. The summed E-state index contributed by atoms with van der Waals surface area (Å²) in [5, 5.41) is 2.90. The van der Waals surface area contributed by atoms with Crippen LogP contribution in [0.2, 0.25) is 10.0 Å². The fourth-order valence-corrected chi connectivity index (χ4v) is 2.29. The van der Waals surface area contributed by atoms with Crippen LogP contribution < -0.4 is 5.32 Å². The number of rotatable bonds is 2. The summed E-state index contributed by atoms with van der Waals surface area (Å²) in [7, 11) is 1.40. The molecule has 0 aromatic heterocycles. The van der Waals surface area contributed by atoms with Gasteiger partial charge in [-0.1, -0.05) is 23.2 Å². The maximum Gasteiger partial charge on any atom is 0.251 e. The molecule has 0 radical (unpaired) electrons. The van der Waals surface area contributed by atoms with Crippen molar-refractivity contribution in [2.24, 2.45) is 0 Å². The van der Waals surface area contributed by atoms with Crippen molar-refractivity contribution in [2.45, 2.75) is 12.5 Å². The summed E-state index contributed by atoms with van der Waals surface area (Å²) < 4.78 is 13.0. The normalized spacial score (nSPS) is 19.6. The third-order valence-corrected chi connectivity index (χ3v) is 3.30. The molecule has 1 saturated heterocycles. The molecule has 1 unspecified atom stereocenters. The number of likely N-dealkylation sites (N-methyl/N-ethyl adjacent to an activating group) is 1. The van der Waals surface area contributed by atoms with Gasteiger partial charge in [-0.15, -0.1) is 0 Å². The lowest BCUT2D eigenvalue weighted by atomic mass is 10.2. The minimum atomic E-state index is -0.719. The van der Waals surface area contributed by atoms with Crippen LogP contribution in [-0.4, -0.2) is 29.8 Å². The van der Waals surface area contributed by atoms with Crippen LogP contribution in [0.3, 0.4) is 0 Å². The van der Waals surface area contributed by atoms with Crippen LogP contribution in [-0.2, 0) is 9.59 Å². The van der Waals surface area contributed by atoms with Gasteiger partial charge in [-0.25, -0.2) is 4.39 Å². The smallest absolute Gasteiger partial charge is 0.251 e. The lowest BCUT2D eigenvalue weighted by Gasteiger charge is -2.15. The first-order valence-corrected chi connectivity index (χ1v) is 5.87. The van der Waals surface area contributed by atoms with Crippen LogP contribution in [0.4, 0.5) is 10.1 Å². The van der Waals surface area contributed by atoms with E-state index in [1.807, 2.05) is 0 Å². The summed E-state index contributed by atoms with van der Waals surface area (Å²) in [5.41, 5.74) is 0.251. The van der Waals surface area contributed by atoms with Crippen LogP contribution in [0.15, 0.2) is 12.1 Å². The second-order valence-corrected chi connectivity index (χ2v) is 4.75. The van der Waals surface area contributed by atoms with Crippen molar-refractivity contribution in [3.05, 3.63) is 28.0 Å². The molecule has 1 aliphatic rings. The maximum atomic E-state index is 13.0. The molecule has 1 N–H and O–H groups in total. The summed E-state index contributed by atoms with van der Waals surface area (Å²) in [6.07, 6.45) is 0.0272. The molecule has 1 aromatic carbocycles. The molecular weight excluding hydrogens is 282 g/mol. The summed E-state index contributed by atoms with van der Waals surface area (Å²) in [4.78, 5) is 24.1. The minimum absolute atomic E-state index is 0.0272. The fraction of sp³-hybridized carbons (Fsp3) is 0.273. The predicted octanol–water partition coefficient (Wildman–Crippen LogP) is 2.30. The van der Waals surface area contributed by atoms with E-state index < -0.39 is 11.9 Å². The van der Waals surface area contributed by atoms with Crippen molar-refractivity contribution < 1.29 is 14.0 Å². The van der Waals surface area contributed by atoms with Gasteiger partial charge in [0, 0.05) is 7.05 Å². The largest absolute Gasteiger partial charge is 0.371 e. The minimum Gasteiger partial charge on any atom is -0.371 e. The number of hydrogen-bond acceptors (Lipinski definition) is 3. The zero-order valence-electron chi connectivity index (χ0n) is 9.34. The topological polar surface area (TPSA) is 49.4 Å². The third-order valence-electron chi connectivity index (χ3n) is 2.71. The number of carbonyl (C=O) groups excluding carboxylic acids is 2. The van der Waals surface area contributed by atoms with Gasteiger partial charge >= 0.3 is 0 Å². The van der Waals surface area contributed by atoms with E-state index in [1.165, 1.54) is 7.05 Å². The first kappa shape index (κ1) is 13.1. The maximum absolute atomic E-state index is 13.0. The molecule has 0 aliphatic carbocycles. The van der Waals surface area contributed by atoms with E-state index in [1.54, 1.807) is 0 Å². The van der Waals surface area contributed by atoms with Crippen molar-refractivity contribution >= 4 is 40.7 Å². The van der Waals surface area contributed by atoms with Crippen molar-refractivity contribution in [1.82, 2.24) is 4.90 Å². The van der Waals surface area contributed by atoms with Crippen LogP contribution >= 0.6 is 23.2 Å². The highest BCUT2D eigenvalue weighted by atomic mass is 35.5. The summed E-state index contributed by atoms with van der Waals surface area (Å²) in [6, 6.07) is 1.45. The Balaban J connectivity index is 2.26. The van der Waals surface area contributed by atoms with E-state index in [2.05, 4.69) is 5.32 Å². The Labute approximate surface area is 113 Å². The number of carbonyl (C=O) groups is 2. The first-order chi connectivity index (χ1) is 8.40. The number of halogens is 3. The molecule has 18 heavy (non-hydrogen) atoms. The van der Waals surface area contributed by atoms with Crippen molar-refractivity contribution in [1.29, 1.82) is 0 Å². The number of hydrogen-bond donors (Lipinski definition) is 1. The number of nitrogens with one attached hydrogen (secondary N) is 1. The van der Waals surface area contributed by atoms with Crippen LogP contribution in [0, 0.1) is 5.82 Å². The molecule has 4 nitrogen and oxygen atoms in total. The molecule has 1 fully saturated rings. The van der Waals surface area contributed by atoms with E-state index in [0.29, 0.717) is 0 Å². The Morgan fingerprint density at radius 1 is 1.33 bits per heavy atom. The molecule has 1 aromatic rings. The molecule has 1 atom stereocenters. The zero-order chi connectivity index (χ0) is 13.4. The van der Waals surface area contributed by atoms with Crippen LogP contribution in [0.25, 0.3) is 0 Å². The second kappa shape index (κ2) is 4.74. The van der Waals surface area contributed by atoms with Gasteiger partial charge in [0.05, 0.1) is 22.2 Å². The van der Waals surface area contributed by atoms with Crippen molar-refractivity contribution in [3.63, 3.8) is 0 Å². The molecule has 2 amide bonds. The standard InChI is InChI=1S/C11H9Cl2FN2O2/c1-16-9(17)4-8(11(16)18)15-10-6(12)2-5(14)3-7(10)13/h2-3,8,15H,4H2,1H3. The van der Waals surface area contributed by atoms with Gasteiger partial charge in [0.1, 0.15) is 11.9 Å². The summed E-state index contributed by atoms with van der Waals surface area (Å²) >= 11 is 11.7.